The zero-order chi connectivity index (χ0) is 21.3. The highest BCUT2D eigenvalue weighted by molar-refractivity contribution is 5.85. The molecule has 2 rings (SSSR count). The van der Waals surface area contributed by atoms with E-state index in [1.54, 1.807) is 16.1 Å². The second kappa shape index (κ2) is 10.8. The predicted octanol–water partition coefficient (Wildman–Crippen LogP) is 4.53. The van der Waals surface area contributed by atoms with Gasteiger partial charge >= 0.3 is 0 Å². The molecule has 0 spiro atoms. The highest BCUT2D eigenvalue weighted by atomic mass is 16.3. The van der Waals surface area contributed by atoms with E-state index >= 15 is 0 Å². The van der Waals surface area contributed by atoms with Crippen LogP contribution in [0.5, 0.6) is 0 Å². The summed E-state index contributed by atoms with van der Waals surface area (Å²) in [4.78, 5) is 29.4. The van der Waals surface area contributed by atoms with Crippen molar-refractivity contribution in [1.29, 1.82) is 0 Å². The third-order valence-corrected chi connectivity index (χ3v) is 4.65. The van der Waals surface area contributed by atoms with Crippen LogP contribution in [0.25, 0.3) is 0 Å². The molecule has 158 valence electrons. The van der Waals surface area contributed by atoms with Crippen LogP contribution in [0, 0.1) is 5.41 Å². The monoisotopic (exact) mass is 398 g/mol. The Kier molecular flexibility index (Phi) is 8.50. The van der Waals surface area contributed by atoms with Crippen molar-refractivity contribution in [1.82, 2.24) is 9.80 Å². The van der Waals surface area contributed by atoms with E-state index in [1.165, 1.54) is 5.56 Å². The van der Waals surface area contributed by atoms with Crippen LogP contribution in [0.4, 0.5) is 0 Å². The molecule has 1 heterocycles. The summed E-state index contributed by atoms with van der Waals surface area (Å²) in [5, 5.41) is 0. The molecular formula is C24H34N2O3. The van der Waals surface area contributed by atoms with Gasteiger partial charge in [-0.3, -0.25) is 9.59 Å². The lowest BCUT2D eigenvalue weighted by molar-refractivity contribution is -0.142. The number of rotatable bonds is 10. The minimum absolute atomic E-state index is 0.0358. The van der Waals surface area contributed by atoms with Crippen LogP contribution in [0.1, 0.15) is 51.9 Å². The summed E-state index contributed by atoms with van der Waals surface area (Å²) in [5.74, 6) is 0.733. The fourth-order valence-corrected chi connectivity index (χ4v) is 3.18. The van der Waals surface area contributed by atoms with Crippen LogP contribution in [0.2, 0.25) is 0 Å². The lowest BCUT2D eigenvalue weighted by Crippen LogP contribution is -2.44. The summed E-state index contributed by atoms with van der Waals surface area (Å²) in [6.45, 7) is 9.84. The lowest BCUT2D eigenvalue weighted by Gasteiger charge is -2.29. The number of carbonyl (C=O) groups is 2. The van der Waals surface area contributed by atoms with Crippen LogP contribution in [-0.4, -0.2) is 41.2 Å². The first-order valence-corrected chi connectivity index (χ1v) is 10.4. The Bertz CT molecular complexity index is 748. The molecule has 2 amide bonds. The molecule has 0 radical (unpaired) electrons. The van der Waals surface area contributed by atoms with E-state index in [1.807, 2.05) is 58.0 Å². The molecule has 0 atom stereocenters. The molecule has 0 aliphatic heterocycles. The molecule has 29 heavy (non-hydrogen) atoms. The summed E-state index contributed by atoms with van der Waals surface area (Å²) >= 11 is 0. The number of hydrogen-bond acceptors (Lipinski definition) is 3. The van der Waals surface area contributed by atoms with E-state index in [2.05, 4.69) is 12.1 Å². The number of nitrogens with zero attached hydrogens (tertiary/aromatic N) is 2. The summed E-state index contributed by atoms with van der Waals surface area (Å²) in [6, 6.07) is 13.8. The Morgan fingerprint density at radius 2 is 1.66 bits per heavy atom. The molecule has 5 heteroatoms. The molecule has 0 bridgehead atoms. The van der Waals surface area contributed by atoms with Crippen molar-refractivity contribution in [3.63, 3.8) is 0 Å². The van der Waals surface area contributed by atoms with Crippen molar-refractivity contribution >= 4 is 11.8 Å². The highest BCUT2D eigenvalue weighted by Gasteiger charge is 2.25. The van der Waals surface area contributed by atoms with Gasteiger partial charge in [0, 0.05) is 19.5 Å². The van der Waals surface area contributed by atoms with Crippen LogP contribution < -0.4 is 0 Å². The third kappa shape index (κ3) is 8.14. The van der Waals surface area contributed by atoms with Crippen LogP contribution in [-0.2, 0) is 22.6 Å². The lowest BCUT2D eigenvalue weighted by atomic mass is 9.91. The van der Waals surface area contributed by atoms with Crippen molar-refractivity contribution < 1.29 is 14.0 Å². The Balaban J connectivity index is 2.07. The van der Waals surface area contributed by atoms with Gasteiger partial charge < -0.3 is 14.2 Å². The van der Waals surface area contributed by atoms with Gasteiger partial charge in [0.2, 0.25) is 11.8 Å². The average molecular weight is 399 g/mol. The molecule has 0 N–H and O–H groups in total. The molecule has 1 aromatic carbocycles. The van der Waals surface area contributed by atoms with Crippen molar-refractivity contribution in [2.45, 2.75) is 53.5 Å². The first-order valence-electron chi connectivity index (χ1n) is 10.4. The summed E-state index contributed by atoms with van der Waals surface area (Å²) in [5.41, 5.74) is 1.08. The predicted molar refractivity (Wildman–Crippen MR) is 115 cm³/mol. The molecule has 0 aliphatic carbocycles. The quantitative estimate of drug-likeness (QED) is 0.591. The van der Waals surface area contributed by atoms with Gasteiger partial charge in [0.05, 0.1) is 19.4 Å². The number of carbonyl (C=O) groups excluding carboxylic acids is 2. The normalized spacial score (nSPS) is 11.3. The topological polar surface area (TPSA) is 53.8 Å². The van der Waals surface area contributed by atoms with Crippen LogP contribution in [0.3, 0.4) is 0 Å². The smallest absolute Gasteiger partial charge is 0.242 e. The zero-order valence-corrected chi connectivity index (χ0v) is 18.2. The highest BCUT2D eigenvalue weighted by Crippen LogP contribution is 2.20. The number of furan rings is 1. The minimum atomic E-state index is -0.104. The Morgan fingerprint density at radius 1 is 0.931 bits per heavy atom. The molecule has 0 aliphatic rings. The first kappa shape index (κ1) is 22.7. The van der Waals surface area contributed by atoms with Gasteiger partial charge in [0.15, 0.2) is 0 Å². The number of benzene rings is 1. The maximum absolute atomic E-state index is 13.1. The fraction of sp³-hybridized carbons (Fsp3) is 0.500. The van der Waals surface area contributed by atoms with Crippen molar-refractivity contribution in [2.75, 3.05) is 19.6 Å². The van der Waals surface area contributed by atoms with Gasteiger partial charge in [0.1, 0.15) is 5.76 Å². The minimum Gasteiger partial charge on any atom is -0.467 e. The summed E-state index contributed by atoms with van der Waals surface area (Å²) in [6.07, 6.45) is 3.64. The summed E-state index contributed by atoms with van der Waals surface area (Å²) in [7, 11) is 0. The van der Waals surface area contributed by atoms with Crippen molar-refractivity contribution in [3.8, 4) is 0 Å². The first-order chi connectivity index (χ1) is 13.8. The van der Waals surface area contributed by atoms with Gasteiger partial charge in [-0.25, -0.2) is 0 Å². The fourth-order valence-electron chi connectivity index (χ4n) is 3.18. The second-order valence-electron chi connectivity index (χ2n) is 8.68. The molecular weight excluding hydrogens is 364 g/mol. The van der Waals surface area contributed by atoms with E-state index < -0.39 is 0 Å². The maximum atomic E-state index is 13.1. The third-order valence-electron chi connectivity index (χ3n) is 4.65. The average Bonchev–Trinajstić information content (AvgIpc) is 3.17. The Hall–Kier alpha value is -2.56. The van der Waals surface area contributed by atoms with Gasteiger partial charge in [-0.15, -0.1) is 0 Å². The number of hydrogen-bond donors (Lipinski definition) is 0. The van der Waals surface area contributed by atoms with Crippen LogP contribution in [0.15, 0.2) is 53.1 Å². The molecule has 2 aromatic rings. The second-order valence-corrected chi connectivity index (χ2v) is 8.68. The van der Waals surface area contributed by atoms with Crippen LogP contribution >= 0.6 is 0 Å². The molecule has 1 aromatic heterocycles. The van der Waals surface area contributed by atoms with E-state index in [9.17, 15) is 9.59 Å². The Morgan fingerprint density at radius 3 is 2.24 bits per heavy atom. The van der Waals surface area contributed by atoms with Gasteiger partial charge in [-0.05, 0) is 36.0 Å². The van der Waals surface area contributed by atoms with E-state index in [4.69, 9.17) is 4.42 Å². The van der Waals surface area contributed by atoms with Gasteiger partial charge in [-0.1, -0.05) is 58.0 Å². The standard InChI is InChI=1S/C24H34N2O3/c1-5-14-25(22(27)17-24(2,3)4)19-23(28)26(18-21-12-9-16-29-21)15-13-20-10-7-6-8-11-20/h6-12,16H,5,13-15,17-19H2,1-4H3. The van der Waals surface area contributed by atoms with E-state index in [0.29, 0.717) is 26.1 Å². The van der Waals surface area contributed by atoms with E-state index in [0.717, 1.165) is 18.6 Å². The Labute approximate surface area is 174 Å². The number of amides is 2. The summed E-state index contributed by atoms with van der Waals surface area (Å²) < 4.78 is 5.46. The SMILES string of the molecule is CCCN(CC(=O)N(CCc1ccccc1)Cc1ccco1)C(=O)CC(C)(C)C. The molecule has 0 saturated heterocycles. The van der Waals surface area contributed by atoms with Crippen molar-refractivity contribution in [2.24, 2.45) is 5.41 Å². The molecule has 5 nitrogen and oxygen atoms in total. The van der Waals surface area contributed by atoms with Crippen molar-refractivity contribution in [3.05, 3.63) is 60.1 Å². The molecule has 0 unspecified atom stereocenters. The maximum Gasteiger partial charge on any atom is 0.242 e. The van der Waals surface area contributed by atoms with E-state index in [-0.39, 0.29) is 23.8 Å². The van der Waals surface area contributed by atoms with Gasteiger partial charge in [0.25, 0.3) is 0 Å². The largest absolute Gasteiger partial charge is 0.467 e. The van der Waals surface area contributed by atoms with Gasteiger partial charge in [-0.2, -0.15) is 0 Å². The zero-order valence-electron chi connectivity index (χ0n) is 18.2. The molecule has 0 saturated carbocycles. The molecule has 0 fully saturated rings.